The molecule has 1 aromatic heterocycles. The first kappa shape index (κ1) is 13.5. The summed E-state index contributed by atoms with van der Waals surface area (Å²) >= 11 is 2.75. The Morgan fingerprint density at radius 3 is 3.11 bits per heavy atom. The minimum Gasteiger partial charge on any atom is -0.325 e. The van der Waals surface area contributed by atoms with Gasteiger partial charge in [-0.25, -0.2) is 0 Å². The van der Waals surface area contributed by atoms with Gasteiger partial charge in [-0.1, -0.05) is 29.2 Å². The zero-order chi connectivity index (χ0) is 13.7. The van der Waals surface area contributed by atoms with Gasteiger partial charge in [-0.2, -0.15) is 5.26 Å². The van der Waals surface area contributed by atoms with Crippen molar-refractivity contribution >= 4 is 34.7 Å². The van der Waals surface area contributed by atoms with Gasteiger partial charge in [0.25, 0.3) is 0 Å². The molecule has 0 saturated carbocycles. The highest BCUT2D eigenvalue weighted by Gasteiger charge is 2.16. The lowest BCUT2D eigenvalue weighted by atomic mass is 10.2. The van der Waals surface area contributed by atoms with E-state index in [1.54, 1.807) is 36.7 Å². The SMILES string of the molecule is CC(Sc1nncs1)C(=O)Nc1cccc(C#N)c1. The number of amides is 1. The van der Waals surface area contributed by atoms with Gasteiger partial charge >= 0.3 is 0 Å². The Bertz CT molecular complexity index is 606. The Kier molecular flexibility index (Phi) is 4.49. The third kappa shape index (κ3) is 3.77. The molecule has 0 fully saturated rings. The van der Waals surface area contributed by atoms with Gasteiger partial charge in [0.05, 0.1) is 16.9 Å². The highest BCUT2D eigenvalue weighted by atomic mass is 32.2. The van der Waals surface area contributed by atoms with E-state index in [0.717, 1.165) is 4.34 Å². The number of thioether (sulfide) groups is 1. The Morgan fingerprint density at radius 2 is 2.42 bits per heavy atom. The Hall–Kier alpha value is -1.91. The van der Waals surface area contributed by atoms with Crippen molar-refractivity contribution in [3.8, 4) is 6.07 Å². The van der Waals surface area contributed by atoms with Crippen LogP contribution in [0.3, 0.4) is 0 Å². The van der Waals surface area contributed by atoms with Crippen LogP contribution in [0.25, 0.3) is 0 Å². The molecule has 0 aliphatic carbocycles. The van der Waals surface area contributed by atoms with Crippen LogP contribution in [0.15, 0.2) is 34.1 Å². The summed E-state index contributed by atoms with van der Waals surface area (Å²) in [4.78, 5) is 12.0. The first-order valence-electron chi connectivity index (χ1n) is 5.43. The molecule has 2 aromatic rings. The Morgan fingerprint density at radius 1 is 1.58 bits per heavy atom. The maximum Gasteiger partial charge on any atom is 0.237 e. The number of benzene rings is 1. The van der Waals surface area contributed by atoms with Crippen LogP contribution in [-0.4, -0.2) is 21.4 Å². The number of nitrogens with one attached hydrogen (secondary N) is 1. The topological polar surface area (TPSA) is 78.7 Å². The van der Waals surface area contributed by atoms with Crippen molar-refractivity contribution in [3.63, 3.8) is 0 Å². The summed E-state index contributed by atoms with van der Waals surface area (Å²) in [5, 5.41) is 18.9. The highest BCUT2D eigenvalue weighted by molar-refractivity contribution is 8.02. The number of hydrogen-bond donors (Lipinski definition) is 1. The van der Waals surface area contributed by atoms with Crippen LogP contribution in [0.2, 0.25) is 0 Å². The summed E-state index contributed by atoms with van der Waals surface area (Å²) in [5.41, 5.74) is 2.76. The second-order valence-corrected chi connectivity index (χ2v) is 6.07. The standard InChI is InChI=1S/C12H10N4OS2/c1-8(19-12-16-14-7-18-12)11(17)15-10-4-2-3-9(5-10)6-13/h2-5,7-8H,1H3,(H,15,17). The monoisotopic (exact) mass is 290 g/mol. The maximum absolute atomic E-state index is 12.0. The van der Waals surface area contributed by atoms with Crippen molar-refractivity contribution in [2.75, 3.05) is 5.32 Å². The highest BCUT2D eigenvalue weighted by Crippen LogP contribution is 2.25. The molecular weight excluding hydrogens is 280 g/mol. The maximum atomic E-state index is 12.0. The average molecular weight is 290 g/mol. The van der Waals surface area contributed by atoms with E-state index in [4.69, 9.17) is 5.26 Å². The van der Waals surface area contributed by atoms with Gasteiger partial charge < -0.3 is 5.32 Å². The van der Waals surface area contributed by atoms with Crippen LogP contribution in [0.1, 0.15) is 12.5 Å². The number of nitriles is 1. The van der Waals surface area contributed by atoms with E-state index < -0.39 is 0 Å². The number of anilines is 1. The summed E-state index contributed by atoms with van der Waals surface area (Å²) < 4.78 is 0.758. The first-order chi connectivity index (χ1) is 9.19. The van der Waals surface area contributed by atoms with Crippen molar-refractivity contribution in [1.82, 2.24) is 10.2 Å². The van der Waals surface area contributed by atoms with Crippen LogP contribution < -0.4 is 5.32 Å². The Balaban J connectivity index is 1.98. The molecule has 0 aliphatic heterocycles. The molecule has 1 atom stereocenters. The van der Waals surface area contributed by atoms with Crippen LogP contribution in [0.5, 0.6) is 0 Å². The van der Waals surface area contributed by atoms with Gasteiger partial charge in [-0.3, -0.25) is 4.79 Å². The predicted molar refractivity (Wildman–Crippen MR) is 75.0 cm³/mol. The minimum atomic E-state index is -0.279. The third-order valence-electron chi connectivity index (χ3n) is 2.25. The fraction of sp³-hybridized carbons (Fsp3) is 0.167. The molecule has 1 unspecified atom stereocenters. The van der Waals surface area contributed by atoms with Crippen molar-refractivity contribution in [2.24, 2.45) is 0 Å². The largest absolute Gasteiger partial charge is 0.325 e. The fourth-order valence-corrected chi connectivity index (χ4v) is 2.96. The summed E-state index contributed by atoms with van der Waals surface area (Å²) in [5.74, 6) is -0.129. The van der Waals surface area contributed by atoms with E-state index in [2.05, 4.69) is 15.5 Å². The van der Waals surface area contributed by atoms with Gasteiger partial charge in [-0.15, -0.1) is 10.2 Å². The average Bonchev–Trinajstić information content (AvgIpc) is 2.91. The van der Waals surface area contributed by atoms with Gasteiger partial charge in [0, 0.05) is 5.69 Å². The zero-order valence-corrected chi connectivity index (χ0v) is 11.7. The van der Waals surface area contributed by atoms with Crippen molar-refractivity contribution in [3.05, 3.63) is 35.3 Å². The van der Waals surface area contributed by atoms with E-state index in [0.29, 0.717) is 11.3 Å². The molecule has 0 radical (unpaired) electrons. The quantitative estimate of drug-likeness (QED) is 0.875. The van der Waals surface area contributed by atoms with Crippen LogP contribution in [0, 0.1) is 11.3 Å². The lowest BCUT2D eigenvalue weighted by molar-refractivity contribution is -0.115. The van der Waals surface area contributed by atoms with E-state index in [1.165, 1.54) is 23.1 Å². The summed E-state index contributed by atoms with van der Waals surface area (Å²) in [7, 11) is 0. The van der Waals surface area contributed by atoms with Crippen molar-refractivity contribution in [1.29, 1.82) is 5.26 Å². The summed E-state index contributed by atoms with van der Waals surface area (Å²) in [6, 6.07) is 8.85. The molecule has 0 bridgehead atoms. The molecule has 2 rings (SSSR count). The van der Waals surface area contributed by atoms with Gasteiger partial charge in [0.2, 0.25) is 5.91 Å². The fourth-order valence-electron chi connectivity index (χ4n) is 1.33. The number of nitrogens with zero attached hydrogens (tertiary/aromatic N) is 3. The van der Waals surface area contributed by atoms with E-state index in [1.807, 2.05) is 6.07 Å². The number of carbonyl (C=O) groups excluding carboxylic acids is 1. The molecule has 5 nitrogen and oxygen atoms in total. The number of carbonyl (C=O) groups is 1. The van der Waals surface area contributed by atoms with Crippen molar-refractivity contribution in [2.45, 2.75) is 16.5 Å². The minimum absolute atomic E-state index is 0.129. The first-order valence-corrected chi connectivity index (χ1v) is 7.19. The second kappa shape index (κ2) is 6.31. The summed E-state index contributed by atoms with van der Waals surface area (Å²) in [6.07, 6.45) is 0. The van der Waals surface area contributed by atoms with Gasteiger partial charge in [-0.05, 0) is 25.1 Å². The van der Waals surface area contributed by atoms with Gasteiger partial charge in [0.15, 0.2) is 4.34 Å². The molecule has 1 heterocycles. The number of rotatable bonds is 4. The molecule has 0 aliphatic rings. The molecule has 19 heavy (non-hydrogen) atoms. The van der Waals surface area contributed by atoms with Crippen molar-refractivity contribution < 1.29 is 4.79 Å². The van der Waals surface area contributed by atoms with Crippen LogP contribution >= 0.6 is 23.1 Å². The lowest BCUT2D eigenvalue weighted by Crippen LogP contribution is -2.22. The summed E-state index contributed by atoms with van der Waals surface area (Å²) in [6.45, 7) is 1.80. The molecule has 1 N–H and O–H groups in total. The molecule has 0 spiro atoms. The molecule has 0 saturated heterocycles. The zero-order valence-electron chi connectivity index (χ0n) is 10.0. The van der Waals surface area contributed by atoms with E-state index in [-0.39, 0.29) is 11.2 Å². The smallest absolute Gasteiger partial charge is 0.237 e. The molecule has 1 amide bonds. The predicted octanol–water partition coefficient (Wildman–Crippen LogP) is 2.53. The van der Waals surface area contributed by atoms with Crippen LogP contribution in [-0.2, 0) is 4.79 Å². The third-order valence-corrected chi connectivity index (χ3v) is 4.16. The van der Waals surface area contributed by atoms with E-state index in [9.17, 15) is 4.79 Å². The molecule has 7 heteroatoms. The molecule has 96 valence electrons. The lowest BCUT2D eigenvalue weighted by Gasteiger charge is -2.10. The molecular formula is C12H10N4OS2. The normalized spacial score (nSPS) is 11.6. The second-order valence-electron chi connectivity index (χ2n) is 3.65. The number of hydrogen-bond acceptors (Lipinski definition) is 6. The number of aromatic nitrogens is 2. The Labute approximate surface area is 118 Å². The molecule has 1 aromatic carbocycles. The van der Waals surface area contributed by atoms with Gasteiger partial charge in [0.1, 0.15) is 5.51 Å². The van der Waals surface area contributed by atoms with E-state index >= 15 is 0 Å². The van der Waals surface area contributed by atoms with Crippen LogP contribution in [0.4, 0.5) is 5.69 Å².